The molecular formula is C24H24ClN5. The first kappa shape index (κ1) is 20.1. The second-order valence-corrected chi connectivity index (χ2v) is 7.96. The van der Waals surface area contributed by atoms with Crippen molar-refractivity contribution in [2.45, 2.75) is 34.2 Å². The highest BCUT2D eigenvalue weighted by Gasteiger charge is 2.12. The van der Waals surface area contributed by atoms with Crippen LogP contribution < -0.4 is 5.43 Å². The number of nitrogens with zero attached hydrogens (tertiary/aromatic N) is 4. The van der Waals surface area contributed by atoms with Crippen LogP contribution in [-0.2, 0) is 6.54 Å². The van der Waals surface area contributed by atoms with Crippen LogP contribution in [-0.4, -0.2) is 21.0 Å². The third-order valence-corrected chi connectivity index (χ3v) is 5.51. The highest BCUT2D eigenvalue weighted by molar-refractivity contribution is 6.32. The van der Waals surface area contributed by atoms with Gasteiger partial charge in [0.2, 0.25) is 0 Å². The van der Waals surface area contributed by atoms with Crippen molar-refractivity contribution in [2.75, 3.05) is 5.43 Å². The summed E-state index contributed by atoms with van der Waals surface area (Å²) in [6.45, 7) is 8.82. The largest absolute Gasteiger partial charge is 0.261 e. The van der Waals surface area contributed by atoms with Crippen LogP contribution in [0.4, 0.5) is 5.82 Å². The van der Waals surface area contributed by atoms with Gasteiger partial charge < -0.3 is 0 Å². The van der Waals surface area contributed by atoms with Crippen molar-refractivity contribution in [3.63, 3.8) is 0 Å². The monoisotopic (exact) mass is 417 g/mol. The summed E-state index contributed by atoms with van der Waals surface area (Å²) in [6, 6.07) is 16.4. The number of halogens is 1. The van der Waals surface area contributed by atoms with Gasteiger partial charge in [-0.2, -0.15) is 10.2 Å². The lowest BCUT2D eigenvalue weighted by Crippen LogP contribution is -2.02. The fraction of sp³-hybridized carbons (Fsp3) is 0.208. The topological polar surface area (TPSA) is 55.1 Å². The van der Waals surface area contributed by atoms with E-state index in [1.54, 1.807) is 10.9 Å². The van der Waals surface area contributed by atoms with E-state index in [2.05, 4.69) is 60.7 Å². The van der Waals surface area contributed by atoms with Gasteiger partial charge in [0.1, 0.15) is 11.0 Å². The van der Waals surface area contributed by atoms with Crippen LogP contribution in [0.3, 0.4) is 0 Å². The van der Waals surface area contributed by atoms with Gasteiger partial charge in [-0.25, -0.2) is 9.67 Å². The molecule has 0 saturated heterocycles. The average Bonchev–Trinajstić information content (AvgIpc) is 2.97. The normalized spacial score (nSPS) is 11.5. The van der Waals surface area contributed by atoms with E-state index in [9.17, 15) is 0 Å². The van der Waals surface area contributed by atoms with E-state index >= 15 is 0 Å². The predicted molar refractivity (Wildman–Crippen MR) is 125 cm³/mol. The summed E-state index contributed by atoms with van der Waals surface area (Å²) >= 11 is 6.57. The van der Waals surface area contributed by atoms with Crippen LogP contribution in [0.1, 0.15) is 33.5 Å². The average molecular weight is 418 g/mol. The predicted octanol–water partition coefficient (Wildman–Crippen LogP) is 5.81. The Morgan fingerprint density at radius 1 is 1.03 bits per heavy atom. The van der Waals surface area contributed by atoms with Crippen molar-refractivity contribution in [1.29, 1.82) is 0 Å². The Labute approximate surface area is 181 Å². The lowest BCUT2D eigenvalue weighted by molar-refractivity contribution is 0.680. The molecule has 1 N–H and O–H groups in total. The fourth-order valence-corrected chi connectivity index (χ4v) is 3.92. The van der Waals surface area contributed by atoms with Crippen LogP contribution in [0, 0.1) is 27.7 Å². The molecule has 0 bridgehead atoms. The zero-order valence-corrected chi connectivity index (χ0v) is 18.3. The van der Waals surface area contributed by atoms with Crippen molar-refractivity contribution in [2.24, 2.45) is 5.10 Å². The van der Waals surface area contributed by atoms with E-state index in [1.165, 1.54) is 10.9 Å². The molecule has 0 aliphatic heterocycles. The fourth-order valence-electron chi connectivity index (χ4n) is 3.64. The lowest BCUT2D eigenvalue weighted by Gasteiger charge is -2.09. The Hall–Kier alpha value is -3.18. The molecule has 0 aliphatic rings. The van der Waals surface area contributed by atoms with E-state index in [0.717, 1.165) is 33.5 Å². The number of aryl methyl sites for hydroxylation is 4. The number of pyridine rings is 1. The number of aromatic nitrogens is 3. The quantitative estimate of drug-likeness (QED) is 0.329. The summed E-state index contributed by atoms with van der Waals surface area (Å²) < 4.78 is 1.79. The number of fused-ring (bicyclic) bond motifs is 1. The van der Waals surface area contributed by atoms with E-state index in [4.69, 9.17) is 16.6 Å². The molecule has 4 aromatic rings. The number of hydrogen-bond acceptors (Lipinski definition) is 4. The molecule has 5 nitrogen and oxygen atoms in total. The molecule has 152 valence electrons. The van der Waals surface area contributed by atoms with E-state index in [0.29, 0.717) is 17.5 Å². The van der Waals surface area contributed by atoms with Gasteiger partial charge in [-0.05, 0) is 56.5 Å². The van der Waals surface area contributed by atoms with Crippen molar-refractivity contribution in [1.82, 2.24) is 14.8 Å². The third-order valence-electron chi connectivity index (χ3n) is 5.11. The molecule has 2 heterocycles. The maximum atomic E-state index is 6.57. The summed E-state index contributed by atoms with van der Waals surface area (Å²) in [4.78, 5) is 4.74. The molecule has 0 atom stereocenters. The first-order valence-electron chi connectivity index (χ1n) is 9.87. The zero-order valence-electron chi connectivity index (χ0n) is 17.6. The molecule has 6 heteroatoms. The molecule has 2 aromatic carbocycles. The van der Waals surface area contributed by atoms with Gasteiger partial charge >= 0.3 is 0 Å². The van der Waals surface area contributed by atoms with E-state index < -0.39 is 0 Å². The summed E-state index contributed by atoms with van der Waals surface area (Å²) in [5, 5.41) is 10.7. The number of anilines is 1. The minimum absolute atomic E-state index is 0.566. The SMILES string of the molecule is Cc1cc(C)c2nc(NN=Cc3c(C)nn(Cc4ccccc4)c3Cl)cc(C)c2c1. The van der Waals surface area contributed by atoms with Crippen LogP contribution in [0.5, 0.6) is 0 Å². The van der Waals surface area contributed by atoms with Crippen molar-refractivity contribution in [3.8, 4) is 0 Å². The van der Waals surface area contributed by atoms with Gasteiger partial charge in [0.25, 0.3) is 0 Å². The molecule has 0 fully saturated rings. The smallest absolute Gasteiger partial charge is 0.147 e. The minimum atomic E-state index is 0.566. The van der Waals surface area contributed by atoms with E-state index in [1.807, 2.05) is 31.2 Å². The van der Waals surface area contributed by atoms with Gasteiger partial charge in [0.05, 0.1) is 29.5 Å². The number of hydrazone groups is 1. The Morgan fingerprint density at radius 2 is 1.80 bits per heavy atom. The first-order valence-corrected chi connectivity index (χ1v) is 10.2. The molecule has 0 unspecified atom stereocenters. The lowest BCUT2D eigenvalue weighted by atomic mass is 10.0. The van der Waals surface area contributed by atoms with Gasteiger partial charge in [0, 0.05) is 5.39 Å². The third kappa shape index (κ3) is 4.07. The zero-order chi connectivity index (χ0) is 21.3. The maximum Gasteiger partial charge on any atom is 0.147 e. The second kappa shape index (κ2) is 8.28. The Balaban J connectivity index is 1.56. The van der Waals surface area contributed by atoms with Crippen LogP contribution in [0.25, 0.3) is 10.9 Å². The molecule has 0 amide bonds. The number of nitrogens with one attached hydrogen (secondary N) is 1. The maximum absolute atomic E-state index is 6.57. The molecule has 0 aliphatic carbocycles. The number of benzene rings is 2. The highest BCUT2D eigenvalue weighted by Crippen LogP contribution is 2.25. The van der Waals surface area contributed by atoms with Gasteiger partial charge in [-0.1, -0.05) is 53.6 Å². The Kier molecular flexibility index (Phi) is 5.55. The molecule has 0 saturated carbocycles. The summed E-state index contributed by atoms with van der Waals surface area (Å²) in [7, 11) is 0. The van der Waals surface area contributed by atoms with Gasteiger partial charge in [-0.15, -0.1) is 0 Å². The first-order chi connectivity index (χ1) is 14.4. The number of rotatable bonds is 5. The van der Waals surface area contributed by atoms with Crippen LogP contribution >= 0.6 is 11.6 Å². The van der Waals surface area contributed by atoms with Gasteiger partial charge in [-0.3, -0.25) is 5.43 Å². The summed E-state index contributed by atoms with van der Waals surface area (Å²) in [5.41, 5.74) is 10.4. The summed E-state index contributed by atoms with van der Waals surface area (Å²) in [5.74, 6) is 0.702. The molecule has 30 heavy (non-hydrogen) atoms. The molecular weight excluding hydrogens is 394 g/mol. The van der Waals surface area contributed by atoms with Crippen LogP contribution in [0.2, 0.25) is 5.15 Å². The minimum Gasteiger partial charge on any atom is -0.261 e. The van der Waals surface area contributed by atoms with E-state index in [-0.39, 0.29) is 0 Å². The van der Waals surface area contributed by atoms with Crippen molar-refractivity contribution < 1.29 is 0 Å². The van der Waals surface area contributed by atoms with Crippen molar-refractivity contribution >= 4 is 34.5 Å². The highest BCUT2D eigenvalue weighted by atomic mass is 35.5. The Bertz CT molecular complexity index is 1240. The molecule has 0 radical (unpaired) electrons. The molecule has 2 aromatic heterocycles. The number of hydrogen-bond donors (Lipinski definition) is 1. The van der Waals surface area contributed by atoms with Crippen LogP contribution in [0.15, 0.2) is 53.6 Å². The second-order valence-electron chi connectivity index (χ2n) is 7.61. The molecule has 4 rings (SSSR count). The molecule has 0 spiro atoms. The standard InChI is InChI=1S/C24H24ClN5/c1-15-10-17(3)23-20(11-15)16(2)12-22(27-23)28-26-13-21-18(4)29-30(24(21)25)14-19-8-6-5-7-9-19/h5-13H,14H2,1-4H3,(H,27,28). The van der Waals surface area contributed by atoms with Gasteiger partial charge in [0.15, 0.2) is 0 Å². The Morgan fingerprint density at radius 3 is 2.57 bits per heavy atom. The van der Waals surface area contributed by atoms with Crippen molar-refractivity contribution in [3.05, 3.63) is 87.2 Å². The summed E-state index contributed by atoms with van der Waals surface area (Å²) in [6.07, 6.45) is 1.70.